The molecule has 222 valence electrons. The summed E-state index contributed by atoms with van der Waals surface area (Å²) in [5.41, 5.74) is -0.436. The van der Waals surface area contributed by atoms with Gasteiger partial charge < -0.3 is 36.2 Å². The molecule has 4 rings (SSSR count). The lowest BCUT2D eigenvalue weighted by Crippen LogP contribution is -2.72. The third-order valence-corrected chi connectivity index (χ3v) is 8.58. The van der Waals surface area contributed by atoms with E-state index in [0.29, 0.717) is 11.1 Å². The lowest BCUT2D eigenvalue weighted by molar-refractivity contribution is -0.176. The van der Waals surface area contributed by atoms with E-state index >= 15 is 0 Å². The van der Waals surface area contributed by atoms with Gasteiger partial charge in [-0.3, -0.25) is 19.3 Å². The number of fused-ring (bicyclic) bond motifs is 3. The Hall–Kier alpha value is -3.90. The third-order valence-electron chi connectivity index (χ3n) is 8.58. The number of nitrogens with one attached hydrogen (secondary N) is 1. The Labute approximate surface area is 237 Å². The molecule has 0 bridgehead atoms. The molecule has 1 aromatic carbocycles. The van der Waals surface area contributed by atoms with Gasteiger partial charge >= 0.3 is 6.09 Å². The van der Waals surface area contributed by atoms with E-state index in [1.165, 1.54) is 17.9 Å². The van der Waals surface area contributed by atoms with Crippen LogP contribution in [0.1, 0.15) is 50.8 Å². The van der Waals surface area contributed by atoms with Crippen molar-refractivity contribution in [3.63, 3.8) is 0 Å². The van der Waals surface area contributed by atoms with Gasteiger partial charge in [-0.2, -0.15) is 0 Å². The monoisotopic (exact) mass is 571 g/mol. The van der Waals surface area contributed by atoms with E-state index in [1.54, 1.807) is 27.1 Å². The molecule has 3 aliphatic carbocycles. The highest BCUT2D eigenvalue weighted by Gasteiger charge is 2.72. The Morgan fingerprint density at radius 2 is 1.80 bits per heavy atom. The number of amides is 2. The van der Waals surface area contributed by atoms with Crippen LogP contribution in [0.4, 0.5) is 4.79 Å². The Bertz CT molecular complexity index is 1430. The molecule has 1 saturated carbocycles. The molecule has 1 fully saturated rings. The first-order valence-electron chi connectivity index (χ1n) is 13.3. The van der Waals surface area contributed by atoms with E-state index in [1.807, 2.05) is 13.8 Å². The van der Waals surface area contributed by atoms with E-state index in [0.717, 1.165) is 0 Å². The van der Waals surface area contributed by atoms with E-state index < -0.39 is 63.1 Å². The fourth-order valence-corrected chi connectivity index (χ4v) is 7.01. The minimum Gasteiger partial charge on any atom is -0.508 e. The van der Waals surface area contributed by atoms with Crippen LogP contribution in [0.25, 0.3) is 5.76 Å². The molecular formula is C29H37N3O9. The second-order valence-electron chi connectivity index (χ2n) is 12.4. The number of carbonyl (C=O) groups excluding carboxylic acids is 4. The molecular weight excluding hydrogens is 534 g/mol. The van der Waals surface area contributed by atoms with Crippen molar-refractivity contribution < 1.29 is 44.3 Å². The van der Waals surface area contributed by atoms with Crippen molar-refractivity contribution in [2.24, 2.45) is 22.5 Å². The number of hydrogen-bond acceptors (Lipinski definition) is 10. The average Bonchev–Trinajstić information content (AvgIpc) is 2.84. The highest BCUT2D eigenvalue weighted by Crippen LogP contribution is 2.63. The topological polar surface area (TPSA) is 200 Å². The maximum atomic E-state index is 14.2. The van der Waals surface area contributed by atoms with Crippen LogP contribution in [0.5, 0.6) is 5.75 Å². The number of nitrogens with zero attached hydrogens (tertiary/aromatic N) is 1. The van der Waals surface area contributed by atoms with Crippen LogP contribution in [0.2, 0.25) is 0 Å². The first-order valence-corrected chi connectivity index (χ1v) is 13.3. The smallest absolute Gasteiger partial charge is 0.407 e. The summed E-state index contributed by atoms with van der Waals surface area (Å²) in [6.45, 7) is 7.18. The lowest BCUT2D eigenvalue weighted by Gasteiger charge is -2.59. The predicted molar refractivity (Wildman–Crippen MR) is 147 cm³/mol. The molecule has 41 heavy (non-hydrogen) atoms. The number of aromatic hydroxyl groups is 1. The molecule has 1 aromatic rings. The van der Waals surface area contributed by atoms with Gasteiger partial charge in [-0.25, -0.2) is 4.79 Å². The quantitative estimate of drug-likeness (QED) is 0.273. The Morgan fingerprint density at radius 3 is 2.37 bits per heavy atom. The minimum absolute atomic E-state index is 0.00229. The molecule has 4 atom stereocenters. The molecule has 0 unspecified atom stereocenters. The number of aliphatic hydroxyl groups excluding tert-OH is 2. The summed E-state index contributed by atoms with van der Waals surface area (Å²) in [5, 5.41) is 48.0. The summed E-state index contributed by atoms with van der Waals surface area (Å²) in [6.07, 6.45) is -0.659. The van der Waals surface area contributed by atoms with Gasteiger partial charge in [0, 0.05) is 22.9 Å². The summed E-state index contributed by atoms with van der Waals surface area (Å²) < 4.78 is 5.17. The molecule has 2 amide bonds. The van der Waals surface area contributed by atoms with Crippen molar-refractivity contribution in [3.8, 4) is 5.75 Å². The first-order chi connectivity index (χ1) is 18.9. The number of carbonyl (C=O) groups is 4. The van der Waals surface area contributed by atoms with Gasteiger partial charge in [0.2, 0.25) is 5.78 Å². The van der Waals surface area contributed by atoms with Gasteiger partial charge in [-0.1, -0.05) is 33.8 Å². The fourth-order valence-electron chi connectivity index (χ4n) is 7.01. The molecule has 0 saturated heterocycles. The molecule has 0 radical (unpaired) electrons. The highest BCUT2D eigenvalue weighted by atomic mass is 16.5. The van der Waals surface area contributed by atoms with Crippen LogP contribution < -0.4 is 11.1 Å². The number of hydrogen-bond donors (Lipinski definition) is 6. The normalized spacial score (nSPS) is 29.3. The van der Waals surface area contributed by atoms with Crippen LogP contribution in [0, 0.1) is 16.7 Å². The summed E-state index contributed by atoms with van der Waals surface area (Å²) in [5.74, 6) is -5.21. The Morgan fingerprint density at radius 1 is 1.17 bits per heavy atom. The number of ketones is 2. The highest BCUT2D eigenvalue weighted by molar-refractivity contribution is 6.25. The van der Waals surface area contributed by atoms with Crippen molar-refractivity contribution in [1.29, 1.82) is 0 Å². The van der Waals surface area contributed by atoms with Gasteiger partial charge in [-0.05, 0) is 50.0 Å². The molecule has 7 N–H and O–H groups in total. The molecule has 0 aliphatic heterocycles. The van der Waals surface area contributed by atoms with Gasteiger partial charge in [0.05, 0.1) is 18.2 Å². The second-order valence-corrected chi connectivity index (χ2v) is 12.4. The van der Waals surface area contributed by atoms with Crippen molar-refractivity contribution in [2.45, 2.75) is 58.7 Å². The molecule has 0 spiro atoms. The van der Waals surface area contributed by atoms with Gasteiger partial charge in [0.25, 0.3) is 5.91 Å². The van der Waals surface area contributed by atoms with Crippen molar-refractivity contribution in [2.75, 3.05) is 20.7 Å². The number of Topliss-reactive ketones (excluding diaryl/α,β-unsaturated/α-hetero) is 2. The number of aliphatic hydroxyl groups is 3. The first kappa shape index (κ1) is 30.1. The lowest BCUT2D eigenvalue weighted by atomic mass is 9.46. The standard InChI is InChI=1S/C29H37N3O9/c1-13(2)11-41-26(39)31-10-14-7-8-16(33)17-15(14)9-27(3)12-28(4)22(32(5)6)21(35)18(25(30)38)23(36)29(28,40)24(37)19(27)20(17)34/h7-8,13,22,33-34,36,40H,9-12H2,1-6H3,(H2,30,38)(H,31,39)/t22-,27+,28+,29-/m1/s1. The number of likely N-dealkylation sites (N-methyl/N-ethyl adjacent to an activating group) is 1. The summed E-state index contributed by atoms with van der Waals surface area (Å²) in [7, 11) is 3.09. The zero-order valence-corrected chi connectivity index (χ0v) is 24.0. The van der Waals surface area contributed by atoms with Crippen LogP contribution in [-0.2, 0) is 32.1 Å². The summed E-state index contributed by atoms with van der Waals surface area (Å²) in [6, 6.07) is 1.66. The SMILES string of the molecule is CC(C)COC(=O)NCc1ccc(O)c2c1C[C@@]1(C)C[C@@]3(C)[C@H](N(C)C)C(=O)C(C(N)=O)=C(O)[C@@]3(O)C(=O)C1=C2O. The fraction of sp³-hybridized carbons (Fsp3) is 0.517. The van der Waals surface area contributed by atoms with Crippen molar-refractivity contribution >= 4 is 29.3 Å². The molecule has 0 heterocycles. The maximum Gasteiger partial charge on any atom is 0.407 e. The van der Waals surface area contributed by atoms with E-state index in [4.69, 9.17) is 10.5 Å². The van der Waals surface area contributed by atoms with Crippen LogP contribution >= 0.6 is 0 Å². The molecule has 0 aromatic heterocycles. The zero-order valence-electron chi connectivity index (χ0n) is 24.0. The van der Waals surface area contributed by atoms with Gasteiger partial charge in [0.1, 0.15) is 22.8 Å². The predicted octanol–water partition coefficient (Wildman–Crippen LogP) is 1.63. The van der Waals surface area contributed by atoms with E-state index in [-0.39, 0.29) is 48.8 Å². The second kappa shape index (κ2) is 9.88. The summed E-state index contributed by atoms with van der Waals surface area (Å²) >= 11 is 0. The average molecular weight is 572 g/mol. The van der Waals surface area contributed by atoms with E-state index in [2.05, 4.69) is 5.32 Å². The molecule has 12 heteroatoms. The van der Waals surface area contributed by atoms with Crippen molar-refractivity contribution in [3.05, 3.63) is 45.7 Å². The largest absolute Gasteiger partial charge is 0.508 e. The number of alkyl carbamates (subject to hydrolysis) is 1. The maximum absolute atomic E-state index is 14.2. The number of rotatable bonds is 6. The Balaban J connectivity index is 1.89. The van der Waals surface area contributed by atoms with Crippen LogP contribution in [0.15, 0.2) is 29.0 Å². The number of benzene rings is 1. The van der Waals surface area contributed by atoms with Crippen LogP contribution in [0.3, 0.4) is 0 Å². The number of primary amides is 1. The van der Waals surface area contributed by atoms with Gasteiger partial charge in [0.15, 0.2) is 11.4 Å². The number of phenolic OH excluding ortho intramolecular Hbond substituents is 1. The number of ether oxygens (including phenoxy) is 1. The third kappa shape index (κ3) is 4.27. The van der Waals surface area contributed by atoms with E-state index in [9.17, 15) is 39.6 Å². The van der Waals surface area contributed by atoms with Gasteiger partial charge in [-0.15, -0.1) is 0 Å². The number of nitrogens with two attached hydrogens (primary N) is 1. The van der Waals surface area contributed by atoms with Crippen molar-refractivity contribution in [1.82, 2.24) is 10.2 Å². The Kier molecular flexibility index (Phi) is 7.24. The number of phenols is 1. The molecule has 3 aliphatic rings. The molecule has 12 nitrogen and oxygen atoms in total. The summed E-state index contributed by atoms with van der Waals surface area (Å²) in [4.78, 5) is 53.6. The zero-order chi connectivity index (χ0) is 30.8. The minimum atomic E-state index is -2.78. The van der Waals surface area contributed by atoms with Crippen LogP contribution in [-0.4, -0.2) is 81.2 Å².